The van der Waals surface area contributed by atoms with Crippen LogP contribution >= 0.6 is 11.6 Å². The lowest BCUT2D eigenvalue weighted by atomic mass is 9.95. The second kappa shape index (κ2) is 5.34. The molecule has 2 N–H and O–H groups in total. The molecule has 114 valence electrons. The van der Waals surface area contributed by atoms with Gasteiger partial charge in [0.05, 0.1) is 0 Å². The molecule has 0 aliphatic rings. The number of anilines is 1. The zero-order valence-corrected chi connectivity index (χ0v) is 13.8. The van der Waals surface area contributed by atoms with Gasteiger partial charge in [0.1, 0.15) is 23.2 Å². The third-order valence-corrected chi connectivity index (χ3v) is 3.49. The number of imidazole rings is 1. The maximum atomic E-state index is 13.6. The van der Waals surface area contributed by atoms with E-state index in [1.165, 1.54) is 12.1 Å². The van der Waals surface area contributed by atoms with Gasteiger partial charge in [-0.05, 0) is 32.0 Å². The van der Waals surface area contributed by atoms with Crippen molar-refractivity contribution in [2.24, 2.45) is 0 Å². The summed E-state index contributed by atoms with van der Waals surface area (Å²) in [5, 5.41) is 0.334. The molecule has 0 saturated carbocycles. The summed E-state index contributed by atoms with van der Waals surface area (Å²) in [5.74, 6) is 1.02. The Morgan fingerprint density at radius 2 is 1.86 bits per heavy atom. The average molecular weight is 310 g/mol. The minimum atomic E-state index is -0.395. The molecular weight excluding hydrogens is 289 g/mol. The third-order valence-electron chi connectivity index (χ3n) is 3.27. The Bertz CT molecular complexity index is 649. The van der Waals surface area contributed by atoms with Gasteiger partial charge in [0, 0.05) is 22.0 Å². The SMILES string of the molecule is CC(C)n1c(C(C)(C)C)nc(-c2cc(F)cc(Cl)c2)c1N. The average Bonchev–Trinajstić information content (AvgIpc) is 2.65. The largest absolute Gasteiger partial charge is 0.383 e. The van der Waals surface area contributed by atoms with Gasteiger partial charge in [-0.1, -0.05) is 32.4 Å². The molecule has 0 atom stereocenters. The van der Waals surface area contributed by atoms with Crippen LogP contribution in [-0.2, 0) is 5.41 Å². The van der Waals surface area contributed by atoms with Crippen LogP contribution in [0, 0.1) is 5.82 Å². The molecule has 21 heavy (non-hydrogen) atoms. The van der Waals surface area contributed by atoms with Crippen LogP contribution in [0.1, 0.15) is 46.5 Å². The molecule has 3 nitrogen and oxygen atoms in total. The summed E-state index contributed by atoms with van der Waals surface area (Å²) in [6.07, 6.45) is 0. The number of nitrogen functional groups attached to an aromatic ring is 1. The molecule has 0 aliphatic heterocycles. The molecular formula is C16H21ClFN3. The molecule has 1 aromatic carbocycles. The predicted octanol–water partition coefficient (Wildman–Crippen LogP) is 4.80. The van der Waals surface area contributed by atoms with Crippen LogP contribution in [0.5, 0.6) is 0 Å². The number of rotatable bonds is 2. The highest BCUT2D eigenvalue weighted by molar-refractivity contribution is 6.30. The van der Waals surface area contributed by atoms with Crippen molar-refractivity contribution in [1.29, 1.82) is 0 Å². The van der Waals surface area contributed by atoms with Crippen LogP contribution in [0.15, 0.2) is 18.2 Å². The summed E-state index contributed by atoms with van der Waals surface area (Å²) in [7, 11) is 0. The number of hydrogen-bond donors (Lipinski definition) is 1. The summed E-state index contributed by atoms with van der Waals surface area (Å²) >= 11 is 5.94. The van der Waals surface area contributed by atoms with Gasteiger partial charge in [-0.15, -0.1) is 0 Å². The minimum absolute atomic E-state index is 0.159. The number of aromatic nitrogens is 2. The van der Waals surface area contributed by atoms with Crippen LogP contribution in [0.2, 0.25) is 5.02 Å². The fraction of sp³-hybridized carbons (Fsp3) is 0.438. The smallest absolute Gasteiger partial charge is 0.131 e. The van der Waals surface area contributed by atoms with E-state index in [2.05, 4.69) is 39.6 Å². The molecule has 1 heterocycles. The Kier molecular flexibility index (Phi) is 4.02. The summed E-state index contributed by atoms with van der Waals surface area (Å²) in [6, 6.07) is 4.53. The molecule has 0 bridgehead atoms. The fourth-order valence-electron chi connectivity index (χ4n) is 2.40. The van der Waals surface area contributed by atoms with Crippen LogP contribution < -0.4 is 5.73 Å². The van der Waals surface area contributed by atoms with Crippen LogP contribution in [0.3, 0.4) is 0 Å². The van der Waals surface area contributed by atoms with Crippen molar-refractivity contribution in [1.82, 2.24) is 9.55 Å². The highest BCUT2D eigenvalue weighted by atomic mass is 35.5. The van der Waals surface area contributed by atoms with E-state index in [1.807, 2.05) is 4.57 Å². The molecule has 0 fully saturated rings. The normalized spacial score (nSPS) is 12.2. The summed E-state index contributed by atoms with van der Waals surface area (Å²) in [6.45, 7) is 10.3. The van der Waals surface area contributed by atoms with Gasteiger partial charge in [0.25, 0.3) is 0 Å². The quantitative estimate of drug-likeness (QED) is 0.865. The Balaban J connectivity index is 2.71. The molecule has 0 saturated heterocycles. The maximum absolute atomic E-state index is 13.6. The second-order valence-electron chi connectivity index (χ2n) is 6.54. The summed E-state index contributed by atoms with van der Waals surface area (Å²) in [5.41, 5.74) is 7.29. The van der Waals surface area contributed by atoms with E-state index in [0.29, 0.717) is 22.1 Å². The van der Waals surface area contributed by atoms with Gasteiger partial charge in [0.2, 0.25) is 0 Å². The van der Waals surface area contributed by atoms with Gasteiger partial charge in [-0.3, -0.25) is 0 Å². The fourth-order valence-corrected chi connectivity index (χ4v) is 2.62. The van der Waals surface area contributed by atoms with E-state index in [-0.39, 0.29) is 11.5 Å². The Hall–Kier alpha value is -1.55. The maximum Gasteiger partial charge on any atom is 0.131 e. The first-order valence-corrected chi connectivity index (χ1v) is 7.33. The molecule has 2 aromatic rings. The van der Waals surface area contributed by atoms with Crippen molar-refractivity contribution < 1.29 is 4.39 Å². The molecule has 1 aromatic heterocycles. The minimum Gasteiger partial charge on any atom is -0.383 e. The zero-order valence-electron chi connectivity index (χ0n) is 13.0. The molecule has 0 unspecified atom stereocenters. The lowest BCUT2D eigenvalue weighted by Gasteiger charge is -2.22. The van der Waals surface area contributed by atoms with Gasteiger partial charge in [-0.2, -0.15) is 0 Å². The highest BCUT2D eigenvalue weighted by Gasteiger charge is 2.26. The summed E-state index contributed by atoms with van der Waals surface area (Å²) in [4.78, 5) is 4.67. The molecule has 0 spiro atoms. The number of nitrogens with zero attached hydrogens (tertiary/aromatic N) is 2. The predicted molar refractivity (Wildman–Crippen MR) is 86.1 cm³/mol. The Morgan fingerprint density at radius 3 is 2.29 bits per heavy atom. The van der Waals surface area contributed by atoms with Gasteiger partial charge in [-0.25, -0.2) is 9.37 Å². The molecule has 5 heteroatoms. The monoisotopic (exact) mass is 309 g/mol. The number of hydrogen-bond acceptors (Lipinski definition) is 2. The Labute approximate surface area is 129 Å². The van der Waals surface area contributed by atoms with Crippen LogP contribution in [0.25, 0.3) is 11.3 Å². The van der Waals surface area contributed by atoms with E-state index < -0.39 is 5.82 Å². The van der Waals surface area contributed by atoms with Crippen molar-refractivity contribution in [3.05, 3.63) is 34.9 Å². The van der Waals surface area contributed by atoms with E-state index >= 15 is 0 Å². The molecule has 0 radical (unpaired) electrons. The number of benzene rings is 1. The van der Waals surface area contributed by atoms with E-state index in [1.54, 1.807) is 6.07 Å². The lowest BCUT2D eigenvalue weighted by molar-refractivity contribution is 0.473. The first-order chi connectivity index (χ1) is 9.61. The number of halogens is 2. The first kappa shape index (κ1) is 15.8. The van der Waals surface area contributed by atoms with Crippen LogP contribution in [0.4, 0.5) is 10.2 Å². The Morgan fingerprint density at radius 1 is 1.24 bits per heavy atom. The van der Waals surface area contributed by atoms with E-state index in [4.69, 9.17) is 17.3 Å². The number of nitrogens with two attached hydrogens (primary N) is 1. The van der Waals surface area contributed by atoms with Gasteiger partial charge < -0.3 is 10.3 Å². The van der Waals surface area contributed by atoms with Crippen LogP contribution in [-0.4, -0.2) is 9.55 Å². The zero-order chi connectivity index (χ0) is 15.9. The van der Waals surface area contributed by atoms with E-state index in [9.17, 15) is 4.39 Å². The first-order valence-electron chi connectivity index (χ1n) is 6.96. The third kappa shape index (κ3) is 3.05. The van der Waals surface area contributed by atoms with Crippen molar-refractivity contribution in [2.45, 2.75) is 46.1 Å². The van der Waals surface area contributed by atoms with Crippen molar-refractivity contribution in [2.75, 3.05) is 5.73 Å². The topological polar surface area (TPSA) is 43.8 Å². The van der Waals surface area contributed by atoms with E-state index in [0.717, 1.165) is 5.82 Å². The standard InChI is InChI=1S/C16H21ClFN3/c1-9(2)21-14(19)13(20-15(21)16(3,4)5)10-6-11(17)8-12(18)7-10/h6-9H,19H2,1-5H3. The summed E-state index contributed by atoms with van der Waals surface area (Å²) < 4.78 is 15.6. The van der Waals surface area contributed by atoms with Crippen molar-refractivity contribution in [3.8, 4) is 11.3 Å². The van der Waals surface area contributed by atoms with Gasteiger partial charge >= 0.3 is 0 Å². The van der Waals surface area contributed by atoms with Gasteiger partial charge in [0.15, 0.2) is 0 Å². The second-order valence-corrected chi connectivity index (χ2v) is 6.98. The highest BCUT2D eigenvalue weighted by Crippen LogP contribution is 2.35. The van der Waals surface area contributed by atoms with Crippen molar-refractivity contribution in [3.63, 3.8) is 0 Å². The molecule has 2 rings (SSSR count). The molecule has 0 amide bonds. The van der Waals surface area contributed by atoms with Crippen molar-refractivity contribution >= 4 is 17.4 Å². The lowest BCUT2D eigenvalue weighted by Crippen LogP contribution is -2.21. The molecule has 0 aliphatic carbocycles.